The van der Waals surface area contributed by atoms with E-state index < -0.39 is 4.92 Å². The zero-order chi connectivity index (χ0) is 23.5. The number of nitro groups is 1. The van der Waals surface area contributed by atoms with Crippen LogP contribution in [0.3, 0.4) is 0 Å². The van der Waals surface area contributed by atoms with Crippen LogP contribution in [-0.4, -0.2) is 37.1 Å². The van der Waals surface area contributed by atoms with E-state index in [0.29, 0.717) is 32.8 Å². The molecule has 0 fully saturated rings. The minimum Gasteiger partial charge on any atom is -0.494 e. The summed E-state index contributed by atoms with van der Waals surface area (Å²) in [5.41, 5.74) is 4.02. The van der Waals surface area contributed by atoms with Gasteiger partial charge in [0.15, 0.2) is 4.96 Å². The van der Waals surface area contributed by atoms with Crippen LogP contribution in [-0.2, 0) is 17.9 Å². The lowest BCUT2D eigenvalue weighted by Gasteiger charge is -2.08. The van der Waals surface area contributed by atoms with Crippen molar-refractivity contribution in [2.45, 2.75) is 26.5 Å². The van der Waals surface area contributed by atoms with Crippen molar-refractivity contribution in [3.8, 4) is 17.0 Å². The summed E-state index contributed by atoms with van der Waals surface area (Å²) in [6.07, 6.45) is 3.61. The number of benzene rings is 2. The van der Waals surface area contributed by atoms with Gasteiger partial charge >= 0.3 is 5.82 Å². The monoisotopic (exact) mass is 477 g/mol. The number of aryl methyl sites for hydroxylation is 1. The fourth-order valence-corrected chi connectivity index (χ4v) is 4.98. The van der Waals surface area contributed by atoms with Crippen LogP contribution in [0.25, 0.3) is 26.4 Å². The van der Waals surface area contributed by atoms with Crippen LogP contribution in [0.5, 0.6) is 5.75 Å². The lowest BCUT2D eigenvalue weighted by Crippen LogP contribution is -2.03. The van der Waals surface area contributed by atoms with Crippen molar-refractivity contribution in [2.24, 2.45) is 0 Å². The molecule has 9 nitrogen and oxygen atoms in total. The van der Waals surface area contributed by atoms with Gasteiger partial charge in [0, 0.05) is 18.7 Å². The normalized spacial score (nSPS) is 11.4. The standard InChI is InChI=1S/C24H23N5O4S/c1-2-33-18-9-10-19-21(13-18)34-24-26-23(17-7-4-3-5-8-17)20(28(19)24)15-32-12-6-11-27-14-22(25-16-27)29(30)31/h3-5,7-10,13-14,16H,2,6,11-12,15H2,1H3. The van der Waals surface area contributed by atoms with Crippen molar-refractivity contribution in [1.82, 2.24) is 18.9 Å². The molecule has 5 aromatic rings. The molecule has 5 rings (SSSR count). The van der Waals surface area contributed by atoms with Crippen LogP contribution in [0.1, 0.15) is 19.0 Å². The van der Waals surface area contributed by atoms with E-state index in [1.807, 2.05) is 31.2 Å². The van der Waals surface area contributed by atoms with Gasteiger partial charge in [-0.3, -0.25) is 4.40 Å². The van der Waals surface area contributed by atoms with Crippen LogP contribution in [0.15, 0.2) is 61.1 Å². The van der Waals surface area contributed by atoms with Gasteiger partial charge in [-0.1, -0.05) is 41.7 Å². The number of aromatic nitrogens is 4. The van der Waals surface area contributed by atoms with Crippen LogP contribution >= 0.6 is 11.3 Å². The minimum atomic E-state index is -0.495. The molecule has 0 aliphatic heterocycles. The first-order chi connectivity index (χ1) is 16.6. The summed E-state index contributed by atoms with van der Waals surface area (Å²) in [7, 11) is 0. The second-order valence-corrected chi connectivity index (χ2v) is 8.70. The zero-order valence-electron chi connectivity index (χ0n) is 18.6. The number of nitrogens with zero attached hydrogens (tertiary/aromatic N) is 5. The maximum atomic E-state index is 10.8. The fraction of sp³-hybridized carbons (Fsp3) is 0.250. The maximum absolute atomic E-state index is 10.8. The molecular weight excluding hydrogens is 454 g/mol. The predicted octanol–water partition coefficient (Wildman–Crippen LogP) is 5.33. The van der Waals surface area contributed by atoms with Gasteiger partial charge in [-0.2, -0.15) is 0 Å². The zero-order valence-corrected chi connectivity index (χ0v) is 19.4. The highest BCUT2D eigenvalue weighted by atomic mass is 32.1. The Morgan fingerprint density at radius 3 is 2.79 bits per heavy atom. The Hall–Kier alpha value is -3.76. The molecular formula is C24H23N5O4S. The second-order valence-electron chi connectivity index (χ2n) is 7.69. The molecule has 0 radical (unpaired) electrons. The summed E-state index contributed by atoms with van der Waals surface area (Å²) >= 11 is 1.63. The molecule has 0 aliphatic carbocycles. The lowest BCUT2D eigenvalue weighted by molar-refractivity contribution is -0.389. The molecule has 0 atom stereocenters. The number of rotatable bonds is 10. The van der Waals surface area contributed by atoms with Crippen molar-refractivity contribution in [2.75, 3.05) is 13.2 Å². The molecule has 10 heteroatoms. The first kappa shape index (κ1) is 22.1. The van der Waals surface area contributed by atoms with E-state index in [1.54, 1.807) is 15.9 Å². The third kappa shape index (κ3) is 4.37. The van der Waals surface area contributed by atoms with Gasteiger partial charge in [-0.15, -0.1) is 0 Å². The number of ether oxygens (including phenoxy) is 2. The van der Waals surface area contributed by atoms with Gasteiger partial charge in [0.1, 0.15) is 11.9 Å². The molecule has 0 amide bonds. The average Bonchev–Trinajstić information content (AvgIpc) is 3.54. The predicted molar refractivity (Wildman–Crippen MR) is 130 cm³/mol. The Morgan fingerprint density at radius 1 is 1.18 bits per heavy atom. The van der Waals surface area contributed by atoms with E-state index in [1.165, 1.54) is 12.5 Å². The molecule has 3 heterocycles. The number of hydrogen-bond acceptors (Lipinski definition) is 7. The second kappa shape index (κ2) is 9.62. The topological polar surface area (TPSA) is 96.7 Å². The smallest absolute Gasteiger partial charge is 0.381 e. The first-order valence-electron chi connectivity index (χ1n) is 11.0. The third-order valence-electron chi connectivity index (χ3n) is 5.42. The van der Waals surface area contributed by atoms with Crippen LogP contribution < -0.4 is 4.74 Å². The van der Waals surface area contributed by atoms with Gasteiger partial charge in [-0.25, -0.2) is 4.98 Å². The Balaban J connectivity index is 1.38. The van der Waals surface area contributed by atoms with Gasteiger partial charge in [0.2, 0.25) is 6.33 Å². The number of hydrogen-bond donors (Lipinski definition) is 0. The van der Waals surface area contributed by atoms with Gasteiger partial charge in [0.05, 0.1) is 34.8 Å². The van der Waals surface area contributed by atoms with Gasteiger partial charge < -0.3 is 24.2 Å². The summed E-state index contributed by atoms with van der Waals surface area (Å²) in [5, 5.41) is 10.8. The van der Waals surface area contributed by atoms with Gasteiger partial charge in [-0.05, 0) is 41.5 Å². The highest BCUT2D eigenvalue weighted by Gasteiger charge is 2.19. The molecule has 0 unspecified atom stereocenters. The average molecular weight is 478 g/mol. The van der Waals surface area contributed by atoms with Crippen LogP contribution in [0, 0.1) is 10.1 Å². The van der Waals surface area contributed by atoms with Crippen molar-refractivity contribution < 1.29 is 14.4 Å². The van der Waals surface area contributed by atoms with E-state index in [2.05, 4.69) is 33.7 Å². The summed E-state index contributed by atoms with van der Waals surface area (Å²) in [6, 6.07) is 16.2. The summed E-state index contributed by atoms with van der Waals surface area (Å²) < 4.78 is 16.7. The molecule has 0 spiro atoms. The molecule has 174 valence electrons. The fourth-order valence-electron chi connectivity index (χ4n) is 3.91. The third-order valence-corrected chi connectivity index (χ3v) is 6.43. The molecule has 0 aliphatic rings. The number of imidazole rings is 2. The van der Waals surface area contributed by atoms with E-state index in [-0.39, 0.29) is 5.82 Å². The SMILES string of the molecule is CCOc1ccc2c(c1)sc1nc(-c3ccccc3)c(COCCCn3cnc([N+](=O)[O-])c3)n12. The molecule has 34 heavy (non-hydrogen) atoms. The van der Waals surface area contributed by atoms with Crippen molar-refractivity contribution in [1.29, 1.82) is 0 Å². The van der Waals surface area contributed by atoms with E-state index in [0.717, 1.165) is 37.9 Å². The van der Waals surface area contributed by atoms with Crippen molar-refractivity contribution >= 4 is 32.3 Å². The number of fused-ring (bicyclic) bond motifs is 3. The van der Waals surface area contributed by atoms with Crippen molar-refractivity contribution in [3.05, 3.63) is 76.9 Å². The molecule has 0 saturated carbocycles. The Bertz CT molecular complexity index is 1440. The minimum absolute atomic E-state index is 0.146. The summed E-state index contributed by atoms with van der Waals surface area (Å²) in [5.74, 6) is 0.701. The molecule has 2 aromatic carbocycles. The van der Waals surface area contributed by atoms with Crippen molar-refractivity contribution in [3.63, 3.8) is 0 Å². The Labute approximate surface area is 199 Å². The largest absolute Gasteiger partial charge is 0.494 e. The number of thiazole rings is 1. The molecule has 3 aromatic heterocycles. The summed E-state index contributed by atoms with van der Waals surface area (Å²) in [6.45, 7) is 4.09. The lowest BCUT2D eigenvalue weighted by atomic mass is 10.1. The molecule has 0 saturated heterocycles. The Morgan fingerprint density at radius 2 is 2.03 bits per heavy atom. The van der Waals surface area contributed by atoms with E-state index >= 15 is 0 Å². The molecule has 0 bridgehead atoms. The maximum Gasteiger partial charge on any atom is 0.381 e. The Kier molecular flexibility index (Phi) is 6.24. The van der Waals surface area contributed by atoms with Crippen LogP contribution in [0.2, 0.25) is 0 Å². The van der Waals surface area contributed by atoms with Crippen LogP contribution in [0.4, 0.5) is 5.82 Å². The van der Waals surface area contributed by atoms with E-state index in [4.69, 9.17) is 14.5 Å². The molecule has 0 N–H and O–H groups in total. The summed E-state index contributed by atoms with van der Waals surface area (Å²) in [4.78, 5) is 19.9. The van der Waals surface area contributed by atoms with Gasteiger partial charge in [0.25, 0.3) is 0 Å². The highest BCUT2D eigenvalue weighted by molar-refractivity contribution is 7.23. The van der Waals surface area contributed by atoms with E-state index in [9.17, 15) is 10.1 Å². The quantitative estimate of drug-likeness (QED) is 0.153. The highest BCUT2D eigenvalue weighted by Crippen LogP contribution is 2.35. The first-order valence-corrected chi connectivity index (χ1v) is 11.8.